The first kappa shape index (κ1) is 16.5. The van der Waals surface area contributed by atoms with E-state index in [0.29, 0.717) is 17.9 Å². The number of methoxy groups -OCH3 is 1. The average Bonchev–Trinajstić information content (AvgIpc) is 2.34. The van der Waals surface area contributed by atoms with Crippen molar-refractivity contribution < 1.29 is 9.53 Å². The van der Waals surface area contributed by atoms with Crippen molar-refractivity contribution in [3.63, 3.8) is 0 Å². The number of esters is 1. The minimum atomic E-state index is -0.179. The van der Waals surface area contributed by atoms with Gasteiger partial charge in [0.05, 0.1) is 7.11 Å². The number of rotatable bonds is 5. The van der Waals surface area contributed by atoms with E-state index in [4.69, 9.17) is 4.74 Å². The third-order valence-corrected chi connectivity index (χ3v) is 4.54. The molecule has 0 aromatic heterocycles. The van der Waals surface area contributed by atoms with E-state index < -0.39 is 0 Å². The topological polar surface area (TPSA) is 38.3 Å². The molecular formula is C16H31NO2. The number of hydrogen-bond acceptors (Lipinski definition) is 3. The highest BCUT2D eigenvalue weighted by molar-refractivity contribution is 5.76. The Bertz CT molecular complexity index is 288. The van der Waals surface area contributed by atoms with Gasteiger partial charge in [-0.15, -0.1) is 0 Å². The molecule has 0 aromatic rings. The fraction of sp³-hybridized carbons (Fsp3) is 0.938. The quantitative estimate of drug-likeness (QED) is 0.779. The molecule has 0 heterocycles. The zero-order valence-electron chi connectivity index (χ0n) is 13.4. The van der Waals surface area contributed by atoms with E-state index in [-0.39, 0.29) is 17.9 Å². The van der Waals surface area contributed by atoms with Crippen LogP contribution in [0.1, 0.15) is 53.9 Å². The largest absolute Gasteiger partial charge is 0.468 e. The van der Waals surface area contributed by atoms with Gasteiger partial charge in [-0.2, -0.15) is 0 Å². The SMILES string of the molecule is COC(=O)[C@@H](NC1CC(C)CCC1C(C)C)C(C)C. The van der Waals surface area contributed by atoms with Gasteiger partial charge >= 0.3 is 5.97 Å². The van der Waals surface area contributed by atoms with Crippen molar-refractivity contribution in [2.45, 2.75) is 66.0 Å². The molecule has 19 heavy (non-hydrogen) atoms. The summed E-state index contributed by atoms with van der Waals surface area (Å²) in [6.45, 7) is 11.0. The Morgan fingerprint density at radius 1 is 1.21 bits per heavy atom. The van der Waals surface area contributed by atoms with E-state index >= 15 is 0 Å². The van der Waals surface area contributed by atoms with Gasteiger partial charge in [-0.3, -0.25) is 4.79 Å². The van der Waals surface area contributed by atoms with Crippen LogP contribution in [0.2, 0.25) is 0 Å². The van der Waals surface area contributed by atoms with Gasteiger partial charge in [0.1, 0.15) is 6.04 Å². The first-order chi connectivity index (χ1) is 8.86. The molecule has 1 rings (SSSR count). The van der Waals surface area contributed by atoms with E-state index in [9.17, 15) is 4.79 Å². The lowest BCUT2D eigenvalue weighted by molar-refractivity contribution is -0.144. The van der Waals surface area contributed by atoms with E-state index in [2.05, 4.69) is 39.9 Å². The molecule has 1 aliphatic rings. The summed E-state index contributed by atoms with van der Waals surface area (Å²) in [4.78, 5) is 11.9. The molecule has 0 saturated heterocycles. The standard InChI is InChI=1S/C16H31NO2/c1-10(2)13-8-7-12(5)9-14(13)17-15(11(3)4)16(18)19-6/h10-15,17H,7-9H2,1-6H3/t12?,13?,14?,15-/m0/s1. The molecule has 112 valence electrons. The van der Waals surface area contributed by atoms with Gasteiger partial charge in [-0.05, 0) is 36.5 Å². The zero-order chi connectivity index (χ0) is 14.6. The molecule has 1 fully saturated rings. The lowest BCUT2D eigenvalue weighted by Gasteiger charge is -2.40. The van der Waals surface area contributed by atoms with Crippen LogP contribution in [0.25, 0.3) is 0 Å². The second-order valence-corrected chi connectivity index (χ2v) is 6.84. The summed E-state index contributed by atoms with van der Waals surface area (Å²) in [6, 6.07) is 0.261. The smallest absolute Gasteiger partial charge is 0.323 e. The number of nitrogens with one attached hydrogen (secondary N) is 1. The summed E-state index contributed by atoms with van der Waals surface area (Å²) < 4.78 is 4.94. The lowest BCUT2D eigenvalue weighted by atomic mass is 9.73. The highest BCUT2D eigenvalue weighted by atomic mass is 16.5. The Kier molecular flexibility index (Phi) is 6.31. The number of ether oxygens (including phenoxy) is 1. The van der Waals surface area contributed by atoms with Crippen LogP contribution in [-0.4, -0.2) is 25.2 Å². The van der Waals surface area contributed by atoms with Crippen LogP contribution in [0.15, 0.2) is 0 Å². The second-order valence-electron chi connectivity index (χ2n) is 6.84. The molecule has 0 amide bonds. The van der Waals surface area contributed by atoms with Crippen LogP contribution >= 0.6 is 0 Å². The Morgan fingerprint density at radius 2 is 1.84 bits per heavy atom. The number of carbonyl (C=O) groups excluding carboxylic acids is 1. The van der Waals surface area contributed by atoms with Gasteiger partial charge < -0.3 is 10.1 Å². The van der Waals surface area contributed by atoms with E-state index in [1.807, 2.05) is 0 Å². The molecule has 3 nitrogen and oxygen atoms in total. The summed E-state index contributed by atoms with van der Waals surface area (Å²) in [5, 5.41) is 3.59. The van der Waals surface area contributed by atoms with Crippen molar-refractivity contribution in [2.24, 2.45) is 23.7 Å². The van der Waals surface area contributed by atoms with Crippen LogP contribution in [0.5, 0.6) is 0 Å². The van der Waals surface area contributed by atoms with Gasteiger partial charge in [0.15, 0.2) is 0 Å². The lowest BCUT2D eigenvalue weighted by Crippen LogP contribution is -2.52. The summed E-state index contributed by atoms with van der Waals surface area (Å²) in [5.41, 5.74) is 0. The molecular weight excluding hydrogens is 238 g/mol. The maximum absolute atomic E-state index is 11.9. The Labute approximate surface area is 118 Å². The van der Waals surface area contributed by atoms with Crippen molar-refractivity contribution in [1.29, 1.82) is 0 Å². The minimum absolute atomic E-state index is 0.129. The first-order valence-electron chi connectivity index (χ1n) is 7.70. The predicted molar refractivity (Wildman–Crippen MR) is 78.9 cm³/mol. The maximum Gasteiger partial charge on any atom is 0.323 e. The minimum Gasteiger partial charge on any atom is -0.468 e. The van der Waals surface area contributed by atoms with Crippen LogP contribution in [-0.2, 0) is 9.53 Å². The average molecular weight is 269 g/mol. The van der Waals surface area contributed by atoms with Crippen molar-refractivity contribution in [1.82, 2.24) is 5.32 Å². The van der Waals surface area contributed by atoms with Gasteiger partial charge in [0, 0.05) is 6.04 Å². The fourth-order valence-electron chi connectivity index (χ4n) is 3.28. The van der Waals surface area contributed by atoms with Crippen molar-refractivity contribution in [3.05, 3.63) is 0 Å². The monoisotopic (exact) mass is 269 g/mol. The molecule has 0 aliphatic heterocycles. The van der Waals surface area contributed by atoms with E-state index in [0.717, 1.165) is 5.92 Å². The van der Waals surface area contributed by atoms with Crippen LogP contribution < -0.4 is 5.32 Å². The molecule has 3 heteroatoms. The van der Waals surface area contributed by atoms with Crippen LogP contribution in [0.3, 0.4) is 0 Å². The van der Waals surface area contributed by atoms with E-state index in [1.54, 1.807) is 0 Å². The number of hydrogen-bond donors (Lipinski definition) is 1. The molecule has 0 radical (unpaired) electrons. The van der Waals surface area contributed by atoms with Gasteiger partial charge in [-0.1, -0.05) is 41.0 Å². The second kappa shape index (κ2) is 7.28. The summed E-state index contributed by atoms with van der Waals surface area (Å²) in [7, 11) is 1.48. The third-order valence-electron chi connectivity index (χ3n) is 4.54. The Morgan fingerprint density at radius 3 is 2.32 bits per heavy atom. The predicted octanol–water partition coefficient (Wildman–Crippen LogP) is 3.23. The maximum atomic E-state index is 11.9. The fourth-order valence-corrected chi connectivity index (χ4v) is 3.28. The van der Waals surface area contributed by atoms with Gasteiger partial charge in [0.25, 0.3) is 0 Å². The van der Waals surface area contributed by atoms with Crippen molar-refractivity contribution >= 4 is 5.97 Å². The molecule has 0 bridgehead atoms. The molecule has 0 spiro atoms. The third kappa shape index (κ3) is 4.48. The molecule has 3 unspecified atom stereocenters. The summed E-state index contributed by atoms with van der Waals surface area (Å²) >= 11 is 0. The van der Waals surface area contributed by atoms with Crippen molar-refractivity contribution in [2.75, 3.05) is 7.11 Å². The highest BCUT2D eigenvalue weighted by Gasteiger charge is 2.34. The molecule has 1 saturated carbocycles. The van der Waals surface area contributed by atoms with Crippen LogP contribution in [0, 0.1) is 23.7 Å². The normalized spacial score (nSPS) is 29.6. The van der Waals surface area contributed by atoms with Crippen LogP contribution in [0.4, 0.5) is 0 Å². The number of carbonyl (C=O) groups is 1. The highest BCUT2D eigenvalue weighted by Crippen LogP contribution is 2.34. The van der Waals surface area contributed by atoms with Gasteiger partial charge in [-0.25, -0.2) is 0 Å². The summed E-state index contributed by atoms with van der Waals surface area (Å²) in [6.07, 6.45) is 3.75. The Balaban J connectivity index is 2.75. The summed E-state index contributed by atoms with van der Waals surface area (Å²) in [5.74, 6) is 2.21. The zero-order valence-corrected chi connectivity index (χ0v) is 13.4. The first-order valence-corrected chi connectivity index (χ1v) is 7.70. The molecule has 1 N–H and O–H groups in total. The van der Waals surface area contributed by atoms with Gasteiger partial charge in [0.2, 0.25) is 0 Å². The molecule has 0 aromatic carbocycles. The van der Waals surface area contributed by atoms with Crippen molar-refractivity contribution in [3.8, 4) is 0 Å². The molecule has 4 atom stereocenters. The van der Waals surface area contributed by atoms with E-state index in [1.165, 1.54) is 26.4 Å². The molecule has 1 aliphatic carbocycles. The Hall–Kier alpha value is -0.570.